The molecule has 0 heterocycles. The zero-order valence-electron chi connectivity index (χ0n) is 10.3. The molecule has 0 aliphatic rings. The molecule has 1 aromatic rings. The van der Waals surface area contributed by atoms with E-state index in [0.717, 1.165) is 5.56 Å². The predicted molar refractivity (Wildman–Crippen MR) is 64.1 cm³/mol. The predicted octanol–water partition coefficient (Wildman–Crippen LogP) is 1.50. The summed E-state index contributed by atoms with van der Waals surface area (Å²) in [5.41, 5.74) is -0.176. The topological polar surface area (TPSA) is 55.4 Å². The maximum atomic E-state index is 11.8. The minimum Gasteiger partial charge on any atom is -0.468 e. The molecule has 0 unspecified atom stereocenters. The molecular weight excluding hydrogens is 218 g/mol. The van der Waals surface area contributed by atoms with Crippen LogP contribution in [-0.2, 0) is 20.9 Å². The summed E-state index contributed by atoms with van der Waals surface area (Å²) in [5.74, 6) is -0.878. The van der Waals surface area contributed by atoms with Gasteiger partial charge in [0.15, 0.2) is 0 Å². The number of hydrogen-bond donors (Lipinski definition) is 1. The minimum absolute atomic E-state index is 0.340. The molecular formula is C13H17NO3. The second-order valence-corrected chi connectivity index (χ2v) is 4.28. The molecule has 0 spiro atoms. The van der Waals surface area contributed by atoms with Crippen molar-refractivity contribution in [1.82, 2.24) is 5.32 Å². The highest BCUT2D eigenvalue weighted by Gasteiger charge is 2.36. The van der Waals surface area contributed by atoms with Gasteiger partial charge in [0, 0.05) is 6.54 Å². The Labute approximate surface area is 101 Å². The van der Waals surface area contributed by atoms with Gasteiger partial charge in [-0.05, 0) is 19.4 Å². The van der Waals surface area contributed by atoms with Crippen LogP contribution in [0.4, 0.5) is 0 Å². The summed E-state index contributed by atoms with van der Waals surface area (Å²) in [4.78, 5) is 23.2. The Bertz CT molecular complexity index is 398. The summed E-state index contributed by atoms with van der Waals surface area (Å²) < 4.78 is 4.59. The van der Waals surface area contributed by atoms with E-state index in [2.05, 4.69) is 10.1 Å². The third-order valence-electron chi connectivity index (χ3n) is 2.56. The molecule has 1 aromatic carbocycles. The smallest absolute Gasteiger partial charge is 0.320 e. The first kappa shape index (κ1) is 13.2. The SMILES string of the molecule is COC(=O)C(C)(C)C(=O)NCc1ccccc1. The molecule has 92 valence electrons. The lowest BCUT2D eigenvalue weighted by atomic mass is 9.92. The van der Waals surface area contributed by atoms with Crippen LogP contribution in [-0.4, -0.2) is 19.0 Å². The summed E-state index contributed by atoms with van der Waals surface area (Å²) in [6, 6.07) is 9.51. The molecule has 0 bridgehead atoms. The van der Waals surface area contributed by atoms with E-state index < -0.39 is 11.4 Å². The zero-order chi connectivity index (χ0) is 12.9. The Kier molecular flexibility index (Phi) is 4.26. The van der Waals surface area contributed by atoms with Crippen LogP contribution in [0.1, 0.15) is 19.4 Å². The molecule has 0 saturated heterocycles. The highest BCUT2D eigenvalue weighted by atomic mass is 16.5. The lowest BCUT2D eigenvalue weighted by molar-refractivity contribution is -0.156. The van der Waals surface area contributed by atoms with E-state index in [0.29, 0.717) is 6.54 Å². The number of benzene rings is 1. The largest absolute Gasteiger partial charge is 0.468 e. The third-order valence-corrected chi connectivity index (χ3v) is 2.56. The van der Waals surface area contributed by atoms with Gasteiger partial charge in [-0.2, -0.15) is 0 Å². The number of amides is 1. The van der Waals surface area contributed by atoms with E-state index in [4.69, 9.17) is 0 Å². The Morgan fingerprint density at radius 2 is 1.82 bits per heavy atom. The summed E-state index contributed by atoms with van der Waals surface area (Å²) >= 11 is 0. The molecule has 4 nitrogen and oxygen atoms in total. The second kappa shape index (κ2) is 5.48. The van der Waals surface area contributed by atoms with Crippen molar-refractivity contribution in [2.45, 2.75) is 20.4 Å². The average molecular weight is 235 g/mol. The van der Waals surface area contributed by atoms with Crippen LogP contribution in [0.5, 0.6) is 0 Å². The van der Waals surface area contributed by atoms with Gasteiger partial charge < -0.3 is 10.1 Å². The molecule has 0 fully saturated rings. The van der Waals surface area contributed by atoms with Gasteiger partial charge in [0.05, 0.1) is 7.11 Å². The van der Waals surface area contributed by atoms with Crippen molar-refractivity contribution in [2.24, 2.45) is 5.41 Å². The fraction of sp³-hybridized carbons (Fsp3) is 0.385. The lowest BCUT2D eigenvalue weighted by Gasteiger charge is -2.20. The number of ether oxygens (including phenoxy) is 1. The van der Waals surface area contributed by atoms with Crippen molar-refractivity contribution in [1.29, 1.82) is 0 Å². The van der Waals surface area contributed by atoms with Gasteiger partial charge in [0.2, 0.25) is 5.91 Å². The molecule has 0 aliphatic carbocycles. The van der Waals surface area contributed by atoms with Gasteiger partial charge >= 0.3 is 5.97 Å². The highest BCUT2D eigenvalue weighted by molar-refractivity contribution is 6.01. The first-order chi connectivity index (χ1) is 7.98. The number of nitrogens with one attached hydrogen (secondary N) is 1. The average Bonchev–Trinajstić information content (AvgIpc) is 2.35. The third kappa shape index (κ3) is 3.31. The molecule has 17 heavy (non-hydrogen) atoms. The highest BCUT2D eigenvalue weighted by Crippen LogP contribution is 2.17. The Morgan fingerprint density at radius 1 is 1.24 bits per heavy atom. The number of esters is 1. The number of hydrogen-bond acceptors (Lipinski definition) is 3. The van der Waals surface area contributed by atoms with Crippen molar-refractivity contribution in [2.75, 3.05) is 7.11 Å². The molecule has 1 rings (SSSR count). The van der Waals surface area contributed by atoms with Crippen LogP contribution in [0, 0.1) is 5.41 Å². The van der Waals surface area contributed by atoms with Crippen molar-refractivity contribution in [3.8, 4) is 0 Å². The molecule has 0 aromatic heterocycles. The van der Waals surface area contributed by atoms with Gasteiger partial charge in [-0.25, -0.2) is 0 Å². The number of carbonyl (C=O) groups excluding carboxylic acids is 2. The standard InChI is InChI=1S/C13H17NO3/c1-13(2,12(16)17-3)11(15)14-9-10-7-5-4-6-8-10/h4-8H,9H2,1-3H3,(H,14,15). The summed E-state index contributed by atoms with van der Waals surface area (Å²) in [6.07, 6.45) is 0. The van der Waals surface area contributed by atoms with E-state index in [1.54, 1.807) is 13.8 Å². The first-order valence-electron chi connectivity index (χ1n) is 5.39. The van der Waals surface area contributed by atoms with E-state index in [9.17, 15) is 9.59 Å². The second-order valence-electron chi connectivity index (χ2n) is 4.28. The Morgan fingerprint density at radius 3 is 2.35 bits per heavy atom. The fourth-order valence-electron chi connectivity index (χ4n) is 1.35. The monoisotopic (exact) mass is 235 g/mol. The lowest BCUT2D eigenvalue weighted by Crippen LogP contribution is -2.42. The molecule has 0 radical (unpaired) electrons. The van der Waals surface area contributed by atoms with Crippen LogP contribution in [0.2, 0.25) is 0 Å². The molecule has 0 aliphatic heterocycles. The maximum Gasteiger partial charge on any atom is 0.320 e. The number of rotatable bonds is 4. The van der Waals surface area contributed by atoms with Crippen molar-refractivity contribution in [3.63, 3.8) is 0 Å². The zero-order valence-corrected chi connectivity index (χ0v) is 10.3. The van der Waals surface area contributed by atoms with Crippen LogP contribution in [0.25, 0.3) is 0 Å². The molecule has 1 N–H and O–H groups in total. The van der Waals surface area contributed by atoms with Crippen molar-refractivity contribution < 1.29 is 14.3 Å². The Balaban J connectivity index is 2.58. The molecule has 0 saturated carbocycles. The van der Waals surface area contributed by atoms with Crippen LogP contribution in [0.3, 0.4) is 0 Å². The van der Waals surface area contributed by atoms with Gasteiger partial charge in [-0.15, -0.1) is 0 Å². The summed E-state index contributed by atoms with van der Waals surface area (Å²) in [7, 11) is 1.27. The van der Waals surface area contributed by atoms with E-state index in [1.807, 2.05) is 30.3 Å². The number of carbonyl (C=O) groups is 2. The number of methoxy groups -OCH3 is 1. The molecule has 4 heteroatoms. The fourth-order valence-corrected chi connectivity index (χ4v) is 1.35. The summed E-state index contributed by atoms with van der Waals surface area (Å²) in [5, 5.41) is 2.71. The molecule has 1 amide bonds. The van der Waals surface area contributed by atoms with Gasteiger partial charge in [-0.1, -0.05) is 30.3 Å². The van der Waals surface area contributed by atoms with Crippen LogP contribution in [0.15, 0.2) is 30.3 Å². The van der Waals surface area contributed by atoms with Crippen LogP contribution < -0.4 is 5.32 Å². The summed E-state index contributed by atoms with van der Waals surface area (Å²) in [6.45, 7) is 3.48. The van der Waals surface area contributed by atoms with Crippen LogP contribution >= 0.6 is 0 Å². The van der Waals surface area contributed by atoms with Gasteiger partial charge in [0.25, 0.3) is 0 Å². The first-order valence-corrected chi connectivity index (χ1v) is 5.39. The van der Waals surface area contributed by atoms with E-state index >= 15 is 0 Å². The van der Waals surface area contributed by atoms with Crippen molar-refractivity contribution in [3.05, 3.63) is 35.9 Å². The normalized spacial score (nSPS) is 10.8. The van der Waals surface area contributed by atoms with E-state index in [1.165, 1.54) is 7.11 Å². The quantitative estimate of drug-likeness (QED) is 0.635. The Hall–Kier alpha value is -1.84. The van der Waals surface area contributed by atoms with Gasteiger partial charge in [0.1, 0.15) is 5.41 Å². The maximum absolute atomic E-state index is 11.8. The van der Waals surface area contributed by atoms with Crippen molar-refractivity contribution >= 4 is 11.9 Å². The molecule has 0 atom stereocenters. The minimum atomic E-state index is -1.16. The van der Waals surface area contributed by atoms with E-state index in [-0.39, 0.29) is 5.91 Å². The van der Waals surface area contributed by atoms with Gasteiger partial charge in [-0.3, -0.25) is 9.59 Å².